The summed E-state index contributed by atoms with van der Waals surface area (Å²) in [5.41, 5.74) is 0.681. The summed E-state index contributed by atoms with van der Waals surface area (Å²) in [6, 6.07) is 8.89. The summed E-state index contributed by atoms with van der Waals surface area (Å²) in [7, 11) is 0. The normalized spacial score (nSPS) is 12.9. The van der Waals surface area contributed by atoms with Crippen molar-refractivity contribution in [1.29, 1.82) is 0 Å². The summed E-state index contributed by atoms with van der Waals surface area (Å²) in [6.07, 6.45) is -1.89. The minimum atomic E-state index is -4.65. The van der Waals surface area contributed by atoms with Gasteiger partial charge in [-0.15, -0.1) is 10.2 Å². The fourth-order valence-corrected chi connectivity index (χ4v) is 3.36. The predicted octanol–water partition coefficient (Wildman–Crippen LogP) is 6.01. The van der Waals surface area contributed by atoms with Gasteiger partial charge in [0.25, 0.3) is 5.91 Å². The van der Waals surface area contributed by atoms with Crippen molar-refractivity contribution >= 4 is 40.7 Å². The molecule has 4 rings (SSSR count). The van der Waals surface area contributed by atoms with Crippen molar-refractivity contribution in [3.63, 3.8) is 0 Å². The van der Waals surface area contributed by atoms with E-state index in [1.165, 1.54) is 18.3 Å². The minimum Gasteiger partial charge on any atom is -0.323 e. The first-order chi connectivity index (χ1) is 16.6. The van der Waals surface area contributed by atoms with Crippen molar-refractivity contribution in [3.05, 3.63) is 76.7 Å². The quantitative estimate of drug-likeness (QED) is 0.395. The SMILES string of the molecule is Cc1cc(NC(=O)Nc2ccc(Cl)c(C(F)(F)F)c2)ccc1-c1nccc(NC2=CC(=O)N=N2)n1. The minimum absolute atomic E-state index is 0.0658. The molecule has 3 aromatic rings. The Labute approximate surface area is 201 Å². The highest BCUT2D eigenvalue weighted by Crippen LogP contribution is 2.36. The molecular formula is C22H15ClF3N7O2. The molecule has 35 heavy (non-hydrogen) atoms. The maximum atomic E-state index is 13.0. The van der Waals surface area contributed by atoms with Crippen LogP contribution in [0.2, 0.25) is 5.02 Å². The number of halogens is 4. The van der Waals surface area contributed by atoms with E-state index in [1.807, 2.05) is 0 Å². The van der Waals surface area contributed by atoms with Crippen molar-refractivity contribution in [3.8, 4) is 11.4 Å². The lowest BCUT2D eigenvalue weighted by atomic mass is 10.1. The number of hydrogen-bond donors (Lipinski definition) is 3. The number of amides is 3. The van der Waals surface area contributed by atoms with Crippen molar-refractivity contribution in [1.82, 2.24) is 9.97 Å². The third-order valence-corrected chi connectivity index (χ3v) is 5.01. The highest BCUT2D eigenvalue weighted by Gasteiger charge is 2.33. The van der Waals surface area contributed by atoms with Gasteiger partial charge in [0, 0.05) is 23.1 Å². The van der Waals surface area contributed by atoms with Gasteiger partial charge in [-0.3, -0.25) is 4.79 Å². The molecule has 0 unspecified atom stereocenters. The lowest BCUT2D eigenvalue weighted by Gasteiger charge is -2.13. The standard InChI is InChI=1S/C22H15ClF3N7O2/c1-11-8-12(28-21(35)29-13-3-5-16(23)15(9-13)22(24,25)26)2-4-14(11)20-27-7-6-17(31-20)30-18-10-19(34)33-32-18/h2-10H,1H3,(H,27,30,31)(H2,28,29,35). The Hall–Kier alpha value is -4.32. The molecule has 9 nitrogen and oxygen atoms in total. The second-order valence-electron chi connectivity index (χ2n) is 7.26. The maximum Gasteiger partial charge on any atom is 0.417 e. The van der Waals surface area contributed by atoms with Crippen LogP contribution in [0.25, 0.3) is 11.4 Å². The van der Waals surface area contributed by atoms with Gasteiger partial charge < -0.3 is 16.0 Å². The van der Waals surface area contributed by atoms with Crippen molar-refractivity contribution < 1.29 is 22.8 Å². The van der Waals surface area contributed by atoms with Crippen LogP contribution in [0.1, 0.15) is 11.1 Å². The number of nitrogens with one attached hydrogen (secondary N) is 3. The summed E-state index contributed by atoms with van der Waals surface area (Å²) in [4.78, 5) is 32.1. The molecule has 0 atom stereocenters. The second kappa shape index (κ2) is 9.50. The Morgan fingerprint density at radius 1 is 1.00 bits per heavy atom. The van der Waals surface area contributed by atoms with E-state index in [0.717, 1.165) is 17.7 Å². The number of hydrogen-bond acceptors (Lipinski definition) is 6. The molecule has 13 heteroatoms. The van der Waals surface area contributed by atoms with Crippen LogP contribution in [-0.4, -0.2) is 21.9 Å². The molecule has 0 spiro atoms. The molecule has 1 aliphatic rings. The van der Waals surface area contributed by atoms with Crippen LogP contribution in [0.15, 0.2) is 70.8 Å². The Balaban J connectivity index is 1.46. The van der Waals surface area contributed by atoms with Gasteiger partial charge in [-0.2, -0.15) is 13.2 Å². The van der Waals surface area contributed by atoms with Crippen LogP contribution in [0.3, 0.4) is 0 Å². The lowest BCUT2D eigenvalue weighted by Crippen LogP contribution is -2.20. The average Bonchev–Trinajstić information content (AvgIpc) is 3.19. The predicted molar refractivity (Wildman–Crippen MR) is 123 cm³/mol. The van der Waals surface area contributed by atoms with Crippen LogP contribution < -0.4 is 16.0 Å². The Morgan fingerprint density at radius 2 is 1.71 bits per heavy atom. The largest absolute Gasteiger partial charge is 0.417 e. The summed E-state index contributed by atoms with van der Waals surface area (Å²) >= 11 is 5.60. The van der Waals surface area contributed by atoms with Gasteiger partial charge >= 0.3 is 12.2 Å². The lowest BCUT2D eigenvalue weighted by molar-refractivity contribution is -0.137. The Morgan fingerprint density at radius 3 is 2.37 bits per heavy atom. The molecule has 178 valence electrons. The number of aromatic nitrogens is 2. The molecule has 2 heterocycles. The van der Waals surface area contributed by atoms with Gasteiger partial charge in [-0.1, -0.05) is 11.6 Å². The smallest absolute Gasteiger partial charge is 0.323 e. The number of rotatable bonds is 5. The molecule has 2 aromatic carbocycles. The summed E-state index contributed by atoms with van der Waals surface area (Å²) in [5, 5.41) is 14.4. The third kappa shape index (κ3) is 5.79. The van der Waals surface area contributed by atoms with Gasteiger partial charge in [0.2, 0.25) is 0 Å². The van der Waals surface area contributed by atoms with Crippen molar-refractivity contribution in [2.24, 2.45) is 10.2 Å². The molecule has 3 amide bonds. The van der Waals surface area contributed by atoms with Crippen molar-refractivity contribution in [2.45, 2.75) is 13.1 Å². The molecule has 0 radical (unpaired) electrons. The highest BCUT2D eigenvalue weighted by atomic mass is 35.5. The highest BCUT2D eigenvalue weighted by molar-refractivity contribution is 6.31. The van der Waals surface area contributed by atoms with Gasteiger partial charge in [0.05, 0.1) is 16.7 Å². The zero-order valence-corrected chi connectivity index (χ0v) is 18.6. The molecule has 0 bridgehead atoms. The first-order valence-electron chi connectivity index (χ1n) is 9.92. The number of urea groups is 1. The van der Waals surface area contributed by atoms with E-state index in [1.54, 1.807) is 31.2 Å². The number of carbonyl (C=O) groups is 2. The molecule has 3 N–H and O–H groups in total. The fraction of sp³-hybridized carbons (Fsp3) is 0.0909. The number of aryl methyl sites for hydroxylation is 1. The zero-order valence-electron chi connectivity index (χ0n) is 17.8. The molecule has 0 saturated carbocycles. The number of nitrogens with zero attached hydrogens (tertiary/aromatic N) is 4. The molecule has 0 aliphatic carbocycles. The van der Waals surface area contributed by atoms with Crippen LogP contribution in [0, 0.1) is 6.92 Å². The number of azo groups is 1. The number of benzene rings is 2. The van der Waals surface area contributed by atoms with Gasteiger partial charge in [-0.25, -0.2) is 14.8 Å². The molecule has 0 saturated heterocycles. The van der Waals surface area contributed by atoms with Gasteiger partial charge in [0.15, 0.2) is 11.6 Å². The first-order valence-corrected chi connectivity index (χ1v) is 10.3. The number of carbonyl (C=O) groups excluding carboxylic acids is 2. The van der Waals surface area contributed by atoms with E-state index < -0.39 is 28.7 Å². The van der Waals surface area contributed by atoms with Crippen molar-refractivity contribution in [2.75, 3.05) is 16.0 Å². The van der Waals surface area contributed by atoms with E-state index >= 15 is 0 Å². The second-order valence-corrected chi connectivity index (χ2v) is 7.67. The zero-order chi connectivity index (χ0) is 25.2. The van der Waals surface area contributed by atoms with E-state index in [-0.39, 0.29) is 11.5 Å². The van der Waals surface area contributed by atoms with E-state index in [9.17, 15) is 22.8 Å². The maximum absolute atomic E-state index is 13.0. The summed E-state index contributed by atoms with van der Waals surface area (Å²) in [6.45, 7) is 1.78. The third-order valence-electron chi connectivity index (χ3n) is 4.68. The summed E-state index contributed by atoms with van der Waals surface area (Å²) < 4.78 is 39.1. The Bertz CT molecular complexity index is 1390. The van der Waals surface area contributed by atoms with Gasteiger partial charge in [0.1, 0.15) is 5.82 Å². The molecule has 1 aliphatic heterocycles. The monoisotopic (exact) mass is 501 g/mol. The topological polar surface area (TPSA) is 121 Å². The van der Waals surface area contributed by atoms with E-state index in [0.29, 0.717) is 22.9 Å². The van der Waals surface area contributed by atoms with Gasteiger partial charge in [-0.05, 0) is 55.0 Å². The van der Waals surface area contributed by atoms with Crippen LogP contribution >= 0.6 is 11.6 Å². The van der Waals surface area contributed by atoms with Crippen LogP contribution in [-0.2, 0) is 11.0 Å². The molecule has 0 fully saturated rings. The molecule has 1 aromatic heterocycles. The Kier molecular flexibility index (Phi) is 6.47. The molecular weight excluding hydrogens is 487 g/mol. The van der Waals surface area contributed by atoms with E-state index in [4.69, 9.17) is 11.6 Å². The fourth-order valence-electron chi connectivity index (χ4n) is 3.13. The summed E-state index contributed by atoms with van der Waals surface area (Å²) in [5.74, 6) is 0.565. The first kappa shape index (κ1) is 23.8. The average molecular weight is 502 g/mol. The van der Waals surface area contributed by atoms with E-state index in [2.05, 4.69) is 36.1 Å². The van der Waals surface area contributed by atoms with Crippen LogP contribution in [0.5, 0.6) is 0 Å². The number of anilines is 3. The number of alkyl halides is 3. The van der Waals surface area contributed by atoms with Crippen LogP contribution in [0.4, 0.5) is 35.2 Å².